The van der Waals surface area contributed by atoms with Crippen LogP contribution in [0.15, 0.2) is 72.8 Å². The minimum atomic E-state index is -4.74. The van der Waals surface area contributed by atoms with Crippen LogP contribution in [0.2, 0.25) is 0 Å². The predicted molar refractivity (Wildman–Crippen MR) is 105 cm³/mol. The summed E-state index contributed by atoms with van der Waals surface area (Å²) >= 11 is 0. The van der Waals surface area contributed by atoms with Crippen LogP contribution in [-0.2, 0) is 6.61 Å². The molecule has 0 saturated heterocycles. The predicted octanol–water partition coefficient (Wildman–Crippen LogP) is 6.12. The molecule has 4 nitrogen and oxygen atoms in total. The zero-order valence-electron chi connectivity index (χ0n) is 16.1. The molecule has 0 aliphatic carbocycles. The summed E-state index contributed by atoms with van der Waals surface area (Å²) in [6.45, 7) is 1.98. The second kappa shape index (κ2) is 9.35. The Hall–Kier alpha value is -3.48. The van der Waals surface area contributed by atoms with Gasteiger partial charge in [-0.15, -0.1) is 13.2 Å². The van der Waals surface area contributed by atoms with Gasteiger partial charge in [0.05, 0.1) is 0 Å². The molecule has 0 aliphatic heterocycles. The van der Waals surface area contributed by atoms with E-state index in [2.05, 4.69) is 4.74 Å². The average molecular weight is 416 g/mol. The second-order valence-electron chi connectivity index (χ2n) is 6.48. The van der Waals surface area contributed by atoms with E-state index in [1.54, 1.807) is 18.2 Å². The van der Waals surface area contributed by atoms with Gasteiger partial charge in [-0.25, -0.2) is 0 Å². The summed E-state index contributed by atoms with van der Waals surface area (Å²) in [5.74, 6) is 0.509. The minimum absolute atomic E-state index is 0.100. The molecular formula is C23H19F3O4. The third-order valence-corrected chi connectivity index (χ3v) is 4.23. The van der Waals surface area contributed by atoms with Gasteiger partial charge < -0.3 is 14.2 Å². The largest absolute Gasteiger partial charge is 0.573 e. The maximum absolute atomic E-state index is 12.3. The molecule has 0 saturated carbocycles. The summed E-state index contributed by atoms with van der Waals surface area (Å²) in [5, 5.41) is 0. The Balaban J connectivity index is 1.71. The molecule has 3 aromatic rings. The van der Waals surface area contributed by atoms with Gasteiger partial charge in [-0.1, -0.05) is 42.5 Å². The summed E-state index contributed by atoms with van der Waals surface area (Å²) in [5.41, 5.74) is 2.04. The summed E-state index contributed by atoms with van der Waals surface area (Å²) in [4.78, 5) is 11.1. The summed E-state index contributed by atoms with van der Waals surface area (Å²) in [6.07, 6.45) is -4.31. The van der Waals surface area contributed by atoms with Gasteiger partial charge >= 0.3 is 6.36 Å². The molecule has 0 heterocycles. The molecule has 156 valence electrons. The van der Waals surface area contributed by atoms with Crippen LogP contribution in [0.4, 0.5) is 13.2 Å². The Bertz CT molecular complexity index is 970. The summed E-state index contributed by atoms with van der Waals surface area (Å²) in [6, 6.07) is 19.8. The Kier molecular flexibility index (Phi) is 6.61. The van der Waals surface area contributed by atoms with Crippen molar-refractivity contribution in [3.8, 4) is 17.2 Å². The number of halogens is 3. The van der Waals surface area contributed by atoms with Crippen molar-refractivity contribution in [3.63, 3.8) is 0 Å². The lowest BCUT2D eigenvalue weighted by atomic mass is 10.1. The molecule has 0 spiro atoms. The molecule has 3 rings (SSSR count). The number of alkyl halides is 3. The molecule has 0 fully saturated rings. The van der Waals surface area contributed by atoms with E-state index in [0.717, 1.165) is 5.56 Å². The lowest BCUT2D eigenvalue weighted by Crippen LogP contribution is -2.17. The van der Waals surface area contributed by atoms with Crippen LogP contribution in [0.25, 0.3) is 0 Å². The van der Waals surface area contributed by atoms with E-state index in [1.165, 1.54) is 24.3 Å². The summed E-state index contributed by atoms with van der Waals surface area (Å²) < 4.78 is 52.4. The van der Waals surface area contributed by atoms with Crippen LogP contribution in [-0.4, -0.2) is 12.6 Å². The maximum Gasteiger partial charge on any atom is 0.573 e. The van der Waals surface area contributed by atoms with Gasteiger partial charge in [-0.05, 0) is 48.4 Å². The number of benzene rings is 3. The Morgan fingerprint density at radius 3 is 2.27 bits per heavy atom. The minimum Gasteiger partial charge on any atom is -0.485 e. The van der Waals surface area contributed by atoms with Gasteiger partial charge in [-0.2, -0.15) is 0 Å². The first-order valence-electron chi connectivity index (χ1n) is 9.12. The van der Waals surface area contributed by atoms with Crippen LogP contribution in [0.3, 0.4) is 0 Å². The van der Waals surface area contributed by atoms with E-state index in [9.17, 15) is 18.0 Å². The highest BCUT2D eigenvalue weighted by Crippen LogP contribution is 2.33. The lowest BCUT2D eigenvalue weighted by Gasteiger charge is -2.18. The third kappa shape index (κ3) is 6.01. The standard InChI is InChI=1S/C23H19F3O4/c1-16(19-5-3-2-4-6-19)29-22-13-18(14-27)9-12-21(22)28-15-17-7-10-20(11-8-17)30-23(24,25)26/h2-14,16H,15H2,1H3. The highest BCUT2D eigenvalue weighted by Gasteiger charge is 2.30. The van der Waals surface area contributed by atoms with Gasteiger partial charge in [-0.3, -0.25) is 4.79 Å². The first-order chi connectivity index (χ1) is 14.3. The summed E-state index contributed by atoms with van der Waals surface area (Å²) in [7, 11) is 0. The number of hydrogen-bond acceptors (Lipinski definition) is 4. The van der Waals surface area contributed by atoms with Crippen LogP contribution in [0.5, 0.6) is 17.2 Å². The van der Waals surface area contributed by atoms with Gasteiger partial charge in [0.1, 0.15) is 24.7 Å². The quantitative estimate of drug-likeness (QED) is 0.415. The number of rotatable bonds is 8. The molecule has 0 N–H and O–H groups in total. The Morgan fingerprint density at radius 1 is 0.933 bits per heavy atom. The van der Waals surface area contributed by atoms with Crippen molar-refractivity contribution < 1.29 is 32.2 Å². The molecule has 0 amide bonds. The molecule has 0 aromatic heterocycles. The molecule has 7 heteroatoms. The zero-order valence-corrected chi connectivity index (χ0v) is 16.1. The van der Waals surface area contributed by atoms with Gasteiger partial charge in [0.15, 0.2) is 11.5 Å². The van der Waals surface area contributed by atoms with Crippen LogP contribution < -0.4 is 14.2 Å². The SMILES string of the molecule is CC(Oc1cc(C=O)ccc1OCc1ccc(OC(F)(F)F)cc1)c1ccccc1. The monoisotopic (exact) mass is 416 g/mol. The van der Waals surface area contributed by atoms with Gasteiger partial charge in [0.25, 0.3) is 0 Å². The fourth-order valence-electron chi connectivity index (χ4n) is 2.74. The van der Waals surface area contributed by atoms with Gasteiger partial charge in [0, 0.05) is 5.56 Å². The average Bonchev–Trinajstić information content (AvgIpc) is 2.73. The van der Waals surface area contributed by atoms with E-state index in [0.29, 0.717) is 28.9 Å². The van der Waals surface area contributed by atoms with Crippen molar-refractivity contribution in [2.45, 2.75) is 26.0 Å². The number of ether oxygens (including phenoxy) is 3. The number of hydrogen-bond donors (Lipinski definition) is 0. The smallest absolute Gasteiger partial charge is 0.485 e. The maximum atomic E-state index is 12.3. The Morgan fingerprint density at radius 2 is 1.63 bits per heavy atom. The van der Waals surface area contributed by atoms with Crippen molar-refractivity contribution in [2.24, 2.45) is 0 Å². The van der Waals surface area contributed by atoms with Crippen molar-refractivity contribution in [1.29, 1.82) is 0 Å². The zero-order chi connectivity index (χ0) is 21.6. The molecule has 0 bridgehead atoms. The van der Waals surface area contributed by atoms with Crippen molar-refractivity contribution >= 4 is 6.29 Å². The van der Waals surface area contributed by atoms with E-state index in [-0.39, 0.29) is 18.5 Å². The van der Waals surface area contributed by atoms with Crippen LogP contribution in [0.1, 0.15) is 34.5 Å². The van der Waals surface area contributed by atoms with Crippen molar-refractivity contribution in [3.05, 3.63) is 89.5 Å². The first-order valence-corrected chi connectivity index (χ1v) is 9.12. The van der Waals surface area contributed by atoms with Crippen molar-refractivity contribution in [1.82, 2.24) is 0 Å². The topological polar surface area (TPSA) is 44.8 Å². The van der Waals surface area contributed by atoms with E-state index in [1.807, 2.05) is 37.3 Å². The fourth-order valence-corrected chi connectivity index (χ4v) is 2.74. The number of carbonyl (C=O) groups is 1. The lowest BCUT2D eigenvalue weighted by molar-refractivity contribution is -0.274. The molecule has 30 heavy (non-hydrogen) atoms. The van der Waals surface area contributed by atoms with Crippen LogP contribution in [0, 0.1) is 0 Å². The van der Waals surface area contributed by atoms with Crippen LogP contribution >= 0.6 is 0 Å². The molecule has 0 aliphatic rings. The van der Waals surface area contributed by atoms with Gasteiger partial charge in [0.2, 0.25) is 0 Å². The fraction of sp³-hybridized carbons (Fsp3) is 0.174. The molecule has 1 unspecified atom stereocenters. The highest BCUT2D eigenvalue weighted by molar-refractivity contribution is 5.76. The molecular weight excluding hydrogens is 397 g/mol. The van der Waals surface area contributed by atoms with E-state index < -0.39 is 6.36 Å². The Labute approximate surface area is 171 Å². The highest BCUT2D eigenvalue weighted by atomic mass is 19.4. The number of aldehydes is 1. The molecule has 0 radical (unpaired) electrons. The van der Waals surface area contributed by atoms with E-state index in [4.69, 9.17) is 9.47 Å². The normalized spacial score (nSPS) is 12.1. The third-order valence-electron chi connectivity index (χ3n) is 4.23. The van der Waals surface area contributed by atoms with E-state index >= 15 is 0 Å². The first kappa shape index (κ1) is 21.2. The molecule has 3 aromatic carbocycles. The molecule has 1 atom stereocenters. The second-order valence-corrected chi connectivity index (χ2v) is 6.48. The van der Waals surface area contributed by atoms with Crippen molar-refractivity contribution in [2.75, 3.05) is 0 Å². The number of carbonyl (C=O) groups excluding carboxylic acids is 1.